The number of amides is 1. The third-order valence-corrected chi connectivity index (χ3v) is 5.55. The standard InChI is InChI=1S/C20H21ClF3N3O5/c21-12-1-4-14(5-2-12)29-10-17(28)25-13-3-6-16(30-9-13)19-27-26-18(31-19)11-7-15(8-11)32-20(22,23)24/h1-2,4-5,11,13,15-16H,3,6-10H2,(H,25,28)/t11-,13-,15+,16+/m1/s1. The summed E-state index contributed by atoms with van der Waals surface area (Å²) in [6.45, 7) is 0.134. The van der Waals surface area contributed by atoms with E-state index in [2.05, 4.69) is 20.3 Å². The summed E-state index contributed by atoms with van der Waals surface area (Å²) >= 11 is 5.81. The number of hydrogen-bond donors (Lipinski definition) is 1. The Morgan fingerprint density at radius 1 is 1.16 bits per heavy atom. The van der Waals surface area contributed by atoms with Gasteiger partial charge < -0.3 is 19.2 Å². The lowest BCUT2D eigenvalue weighted by molar-refractivity contribution is -0.352. The molecule has 2 aliphatic rings. The summed E-state index contributed by atoms with van der Waals surface area (Å²) in [5.41, 5.74) is 0. The number of carbonyl (C=O) groups excluding carboxylic acids is 1. The van der Waals surface area contributed by atoms with Crippen LogP contribution in [-0.2, 0) is 14.3 Å². The van der Waals surface area contributed by atoms with E-state index in [0.29, 0.717) is 29.5 Å². The monoisotopic (exact) mass is 475 g/mol. The molecule has 2 atom stereocenters. The Balaban J connectivity index is 1.17. The Kier molecular flexibility index (Phi) is 6.87. The van der Waals surface area contributed by atoms with Crippen LogP contribution in [0.5, 0.6) is 5.75 Å². The maximum absolute atomic E-state index is 12.2. The van der Waals surface area contributed by atoms with Crippen LogP contribution >= 0.6 is 11.6 Å². The number of nitrogens with one attached hydrogen (secondary N) is 1. The van der Waals surface area contributed by atoms with E-state index in [1.165, 1.54) is 0 Å². The van der Waals surface area contributed by atoms with E-state index in [9.17, 15) is 18.0 Å². The van der Waals surface area contributed by atoms with Crippen LogP contribution in [0.15, 0.2) is 28.7 Å². The highest BCUT2D eigenvalue weighted by Gasteiger charge is 2.42. The van der Waals surface area contributed by atoms with Gasteiger partial charge in [0.15, 0.2) is 6.61 Å². The van der Waals surface area contributed by atoms with Crippen LogP contribution in [0.3, 0.4) is 0 Å². The Morgan fingerprint density at radius 3 is 2.53 bits per heavy atom. The first-order valence-electron chi connectivity index (χ1n) is 10.1. The fraction of sp³-hybridized carbons (Fsp3) is 0.550. The molecule has 1 saturated carbocycles. The molecule has 0 bridgehead atoms. The van der Waals surface area contributed by atoms with Crippen molar-refractivity contribution in [3.63, 3.8) is 0 Å². The van der Waals surface area contributed by atoms with Gasteiger partial charge in [-0.3, -0.25) is 9.53 Å². The molecule has 4 rings (SSSR count). The second-order valence-electron chi connectivity index (χ2n) is 7.74. The third-order valence-electron chi connectivity index (χ3n) is 5.30. The van der Waals surface area contributed by atoms with Crippen molar-refractivity contribution in [2.75, 3.05) is 13.2 Å². The number of carbonyl (C=O) groups is 1. The highest BCUT2D eigenvalue weighted by Crippen LogP contribution is 2.41. The first-order valence-corrected chi connectivity index (χ1v) is 10.5. The SMILES string of the molecule is O=C(COc1ccc(Cl)cc1)N[C@@H]1CC[C@@H](c2nnc([C@H]3C[C@@H](OC(F)(F)F)C3)o2)OC1. The van der Waals surface area contributed by atoms with Gasteiger partial charge in [-0.2, -0.15) is 0 Å². The van der Waals surface area contributed by atoms with Crippen molar-refractivity contribution in [2.24, 2.45) is 0 Å². The molecule has 1 aromatic heterocycles. The van der Waals surface area contributed by atoms with Crippen LogP contribution in [0.1, 0.15) is 49.5 Å². The van der Waals surface area contributed by atoms with Crippen LogP contribution in [0, 0.1) is 0 Å². The van der Waals surface area contributed by atoms with Crippen LogP contribution in [0.25, 0.3) is 0 Å². The van der Waals surface area contributed by atoms with Gasteiger partial charge in [-0.1, -0.05) is 11.6 Å². The highest BCUT2D eigenvalue weighted by molar-refractivity contribution is 6.30. The van der Waals surface area contributed by atoms with Crippen molar-refractivity contribution in [2.45, 2.75) is 56.2 Å². The second kappa shape index (κ2) is 9.63. The molecule has 0 unspecified atom stereocenters. The molecule has 0 radical (unpaired) electrons. The second-order valence-corrected chi connectivity index (χ2v) is 8.18. The molecule has 2 heterocycles. The van der Waals surface area contributed by atoms with Gasteiger partial charge in [0, 0.05) is 10.9 Å². The normalized spacial score (nSPS) is 25.8. The van der Waals surface area contributed by atoms with Crippen LogP contribution in [0.2, 0.25) is 5.02 Å². The predicted molar refractivity (Wildman–Crippen MR) is 104 cm³/mol. The Bertz CT molecular complexity index is 910. The van der Waals surface area contributed by atoms with Gasteiger partial charge in [0.2, 0.25) is 11.8 Å². The minimum Gasteiger partial charge on any atom is -0.484 e. The number of nitrogens with zero attached hydrogens (tertiary/aromatic N) is 2. The Hall–Kier alpha value is -2.37. The van der Waals surface area contributed by atoms with Crippen LogP contribution < -0.4 is 10.1 Å². The van der Waals surface area contributed by atoms with E-state index < -0.39 is 18.6 Å². The molecule has 174 valence electrons. The van der Waals surface area contributed by atoms with Gasteiger partial charge in [-0.15, -0.1) is 23.4 Å². The van der Waals surface area contributed by atoms with E-state index in [-0.39, 0.29) is 49.8 Å². The summed E-state index contributed by atoms with van der Waals surface area (Å²) in [5.74, 6) is 0.600. The van der Waals surface area contributed by atoms with Crippen molar-refractivity contribution in [3.8, 4) is 5.75 Å². The summed E-state index contributed by atoms with van der Waals surface area (Å²) in [6, 6.07) is 6.52. The molecule has 1 aliphatic heterocycles. The van der Waals surface area contributed by atoms with Crippen molar-refractivity contribution in [3.05, 3.63) is 41.1 Å². The predicted octanol–water partition coefficient (Wildman–Crippen LogP) is 3.92. The largest absolute Gasteiger partial charge is 0.522 e. The molecule has 1 aliphatic carbocycles. The number of benzene rings is 1. The molecule has 1 saturated heterocycles. The Labute approximate surface area is 186 Å². The maximum Gasteiger partial charge on any atom is 0.522 e. The molecule has 8 nitrogen and oxygen atoms in total. The summed E-state index contributed by atoms with van der Waals surface area (Å²) in [6.07, 6.45) is -4.39. The molecule has 2 aromatic rings. The first kappa shape index (κ1) is 22.8. The van der Waals surface area contributed by atoms with Gasteiger partial charge in [-0.05, 0) is 49.9 Å². The fourth-order valence-electron chi connectivity index (χ4n) is 3.60. The van der Waals surface area contributed by atoms with Crippen molar-refractivity contribution < 1.29 is 36.6 Å². The number of ether oxygens (including phenoxy) is 3. The summed E-state index contributed by atoms with van der Waals surface area (Å²) < 4.78 is 57.4. The summed E-state index contributed by atoms with van der Waals surface area (Å²) in [7, 11) is 0. The molecule has 0 spiro atoms. The van der Waals surface area contributed by atoms with Crippen LogP contribution in [0.4, 0.5) is 13.2 Å². The zero-order valence-electron chi connectivity index (χ0n) is 16.8. The smallest absolute Gasteiger partial charge is 0.484 e. The number of hydrogen-bond acceptors (Lipinski definition) is 7. The number of aromatic nitrogens is 2. The minimum atomic E-state index is -4.64. The average Bonchev–Trinajstić information content (AvgIpc) is 3.19. The number of alkyl halides is 3. The average molecular weight is 476 g/mol. The van der Waals surface area contributed by atoms with Crippen LogP contribution in [-0.4, -0.2) is 47.8 Å². The molecule has 1 aromatic carbocycles. The third kappa shape index (κ3) is 6.11. The lowest BCUT2D eigenvalue weighted by atomic mass is 9.82. The van der Waals surface area contributed by atoms with Gasteiger partial charge in [0.05, 0.1) is 18.8 Å². The molecule has 1 N–H and O–H groups in total. The van der Waals surface area contributed by atoms with E-state index in [0.717, 1.165) is 0 Å². The first-order chi connectivity index (χ1) is 15.2. The van der Waals surface area contributed by atoms with Gasteiger partial charge in [-0.25, -0.2) is 0 Å². The van der Waals surface area contributed by atoms with E-state index in [1.807, 2.05) is 0 Å². The minimum absolute atomic E-state index is 0.130. The lowest BCUT2D eigenvalue weighted by Gasteiger charge is -2.33. The fourth-order valence-corrected chi connectivity index (χ4v) is 3.73. The molecular formula is C20H21ClF3N3O5. The molecular weight excluding hydrogens is 455 g/mol. The van der Waals surface area contributed by atoms with E-state index in [4.69, 9.17) is 25.5 Å². The lowest BCUT2D eigenvalue weighted by Crippen LogP contribution is -2.43. The highest BCUT2D eigenvalue weighted by atomic mass is 35.5. The van der Waals surface area contributed by atoms with Gasteiger partial charge >= 0.3 is 6.36 Å². The zero-order valence-corrected chi connectivity index (χ0v) is 17.6. The summed E-state index contributed by atoms with van der Waals surface area (Å²) in [5, 5.41) is 11.3. The molecule has 1 amide bonds. The molecule has 12 heteroatoms. The zero-order chi connectivity index (χ0) is 22.7. The van der Waals surface area contributed by atoms with Crippen molar-refractivity contribution >= 4 is 17.5 Å². The van der Waals surface area contributed by atoms with E-state index >= 15 is 0 Å². The van der Waals surface area contributed by atoms with Crippen molar-refractivity contribution in [1.82, 2.24) is 15.5 Å². The van der Waals surface area contributed by atoms with E-state index in [1.54, 1.807) is 24.3 Å². The maximum atomic E-state index is 12.2. The van der Waals surface area contributed by atoms with Crippen molar-refractivity contribution in [1.29, 1.82) is 0 Å². The quantitative estimate of drug-likeness (QED) is 0.648. The number of rotatable bonds is 7. The Morgan fingerprint density at radius 2 is 1.88 bits per heavy atom. The summed E-state index contributed by atoms with van der Waals surface area (Å²) in [4.78, 5) is 12.1. The molecule has 32 heavy (non-hydrogen) atoms. The van der Waals surface area contributed by atoms with Gasteiger partial charge in [0.25, 0.3) is 5.91 Å². The topological polar surface area (TPSA) is 95.7 Å². The van der Waals surface area contributed by atoms with Gasteiger partial charge in [0.1, 0.15) is 11.9 Å². The molecule has 2 fully saturated rings. The number of halogens is 4.